The summed E-state index contributed by atoms with van der Waals surface area (Å²) >= 11 is 0. The lowest BCUT2D eigenvalue weighted by Crippen LogP contribution is -2.43. The van der Waals surface area contributed by atoms with Crippen molar-refractivity contribution in [1.29, 1.82) is 0 Å². The molecule has 1 aliphatic heterocycles. The van der Waals surface area contributed by atoms with Gasteiger partial charge in [-0.3, -0.25) is 14.9 Å². The highest BCUT2D eigenvalue weighted by atomic mass is 16.5. The van der Waals surface area contributed by atoms with E-state index in [0.717, 1.165) is 56.0 Å². The van der Waals surface area contributed by atoms with Crippen molar-refractivity contribution in [2.45, 2.75) is 46.2 Å². The minimum absolute atomic E-state index is 0.0578. The zero-order chi connectivity index (χ0) is 20.5. The predicted molar refractivity (Wildman–Crippen MR) is 115 cm³/mol. The molecule has 0 radical (unpaired) electrons. The smallest absolute Gasteiger partial charge is 0.107 e. The Balaban J connectivity index is 1.60. The van der Waals surface area contributed by atoms with Crippen LogP contribution in [0.5, 0.6) is 0 Å². The number of imidazole rings is 1. The van der Waals surface area contributed by atoms with E-state index in [1.165, 1.54) is 5.56 Å². The van der Waals surface area contributed by atoms with Gasteiger partial charge in [-0.1, -0.05) is 6.07 Å². The van der Waals surface area contributed by atoms with Crippen LogP contribution in [0.3, 0.4) is 0 Å². The van der Waals surface area contributed by atoms with E-state index < -0.39 is 0 Å². The number of hydrogen-bond acceptors (Lipinski definition) is 5. The first kappa shape index (κ1) is 20.0. The molecule has 1 saturated heterocycles. The average molecular weight is 394 g/mol. The molecular formula is C23H31N5O. The minimum atomic E-state index is -0.0738. The third-order valence-corrected chi connectivity index (χ3v) is 6.39. The molecular weight excluding hydrogens is 362 g/mol. The lowest BCUT2D eigenvalue weighted by Gasteiger charge is -2.38. The topological polar surface area (TPSA) is 56.1 Å². The number of fused-ring (bicyclic) bond motifs is 1. The van der Waals surface area contributed by atoms with Gasteiger partial charge in [-0.2, -0.15) is 0 Å². The fraction of sp³-hybridized carbons (Fsp3) is 0.522. The highest BCUT2D eigenvalue weighted by Crippen LogP contribution is 2.40. The van der Waals surface area contributed by atoms with Crippen molar-refractivity contribution < 1.29 is 4.74 Å². The Bertz CT molecular complexity index is 965. The predicted octanol–water partition coefficient (Wildman–Crippen LogP) is 3.80. The second-order valence-corrected chi connectivity index (χ2v) is 8.79. The van der Waals surface area contributed by atoms with Gasteiger partial charge in [0, 0.05) is 48.7 Å². The van der Waals surface area contributed by atoms with E-state index >= 15 is 0 Å². The first-order valence-electron chi connectivity index (χ1n) is 10.4. The van der Waals surface area contributed by atoms with E-state index in [1.54, 1.807) is 0 Å². The first-order valence-corrected chi connectivity index (χ1v) is 10.4. The van der Waals surface area contributed by atoms with Crippen molar-refractivity contribution in [3.05, 3.63) is 54.4 Å². The number of aromatic nitrogens is 4. The fourth-order valence-corrected chi connectivity index (χ4v) is 4.44. The molecule has 0 unspecified atom stereocenters. The van der Waals surface area contributed by atoms with Crippen LogP contribution in [-0.4, -0.2) is 50.7 Å². The number of ether oxygens (including phenoxy) is 1. The average Bonchev–Trinajstić information content (AvgIpc) is 3.33. The van der Waals surface area contributed by atoms with Gasteiger partial charge in [0.25, 0.3) is 0 Å². The summed E-state index contributed by atoms with van der Waals surface area (Å²) in [6.45, 7) is 13.1. The van der Waals surface area contributed by atoms with Gasteiger partial charge in [0.1, 0.15) is 5.52 Å². The minimum Gasteiger partial charge on any atom is -0.381 e. The Hall–Kier alpha value is -2.31. The second kappa shape index (κ2) is 7.84. The summed E-state index contributed by atoms with van der Waals surface area (Å²) in [5.41, 5.74) is 4.38. The molecule has 0 spiro atoms. The van der Waals surface area contributed by atoms with Crippen molar-refractivity contribution in [1.82, 2.24) is 24.4 Å². The normalized spacial score (nSPS) is 20.6. The molecule has 29 heavy (non-hydrogen) atoms. The van der Waals surface area contributed by atoms with Gasteiger partial charge < -0.3 is 9.30 Å². The molecule has 0 bridgehead atoms. The standard InChI is InChI=1S/C23H31N5O/c1-5-29-16-23(14-27-17-26-20-13-24-10-8-21(20)27)9-11-28(15-23)22(3,4)19-7-6-18(2)25-12-19/h6-8,10,12-13,17H,5,9,11,14-16H2,1-4H3/t23-/m0/s1. The highest BCUT2D eigenvalue weighted by Gasteiger charge is 2.44. The number of rotatable bonds is 7. The zero-order valence-electron chi connectivity index (χ0n) is 17.9. The van der Waals surface area contributed by atoms with Crippen LogP contribution < -0.4 is 0 Å². The van der Waals surface area contributed by atoms with Gasteiger partial charge in [0.2, 0.25) is 0 Å². The Morgan fingerprint density at radius 2 is 2.03 bits per heavy atom. The largest absolute Gasteiger partial charge is 0.381 e. The number of hydrogen-bond donors (Lipinski definition) is 0. The van der Waals surface area contributed by atoms with Gasteiger partial charge >= 0.3 is 0 Å². The number of likely N-dealkylation sites (tertiary alicyclic amines) is 1. The third kappa shape index (κ3) is 3.91. The van der Waals surface area contributed by atoms with Crippen molar-refractivity contribution >= 4 is 11.0 Å². The van der Waals surface area contributed by atoms with Crippen molar-refractivity contribution in [3.8, 4) is 0 Å². The van der Waals surface area contributed by atoms with Crippen LogP contribution in [0.25, 0.3) is 11.0 Å². The van der Waals surface area contributed by atoms with Crippen LogP contribution in [0.4, 0.5) is 0 Å². The molecule has 0 N–H and O–H groups in total. The van der Waals surface area contributed by atoms with E-state index in [4.69, 9.17) is 4.74 Å². The SMILES string of the molecule is CCOC[C@]1(Cn2cnc3cnccc32)CCN(C(C)(C)c2ccc(C)nc2)C1. The summed E-state index contributed by atoms with van der Waals surface area (Å²) in [5, 5.41) is 0. The summed E-state index contributed by atoms with van der Waals surface area (Å²) < 4.78 is 8.24. The molecule has 6 heteroatoms. The lowest BCUT2D eigenvalue weighted by molar-refractivity contribution is 0.0339. The molecule has 6 nitrogen and oxygen atoms in total. The van der Waals surface area contributed by atoms with Crippen molar-refractivity contribution in [2.24, 2.45) is 5.41 Å². The summed E-state index contributed by atoms with van der Waals surface area (Å²) in [4.78, 5) is 15.8. The van der Waals surface area contributed by atoms with E-state index in [0.29, 0.717) is 0 Å². The van der Waals surface area contributed by atoms with Gasteiger partial charge in [-0.15, -0.1) is 0 Å². The molecule has 3 aromatic heterocycles. The molecule has 3 aromatic rings. The van der Waals surface area contributed by atoms with Crippen molar-refractivity contribution in [2.75, 3.05) is 26.3 Å². The van der Waals surface area contributed by atoms with Crippen LogP contribution in [0.1, 0.15) is 38.4 Å². The van der Waals surface area contributed by atoms with Gasteiger partial charge in [0.05, 0.1) is 24.6 Å². The van der Waals surface area contributed by atoms with Crippen LogP contribution in [0.2, 0.25) is 0 Å². The molecule has 0 amide bonds. The van der Waals surface area contributed by atoms with Crippen LogP contribution in [-0.2, 0) is 16.8 Å². The van der Waals surface area contributed by atoms with E-state index in [1.807, 2.05) is 37.9 Å². The maximum absolute atomic E-state index is 5.98. The Morgan fingerprint density at radius 1 is 1.17 bits per heavy atom. The van der Waals surface area contributed by atoms with Gasteiger partial charge in [0.15, 0.2) is 0 Å². The zero-order valence-corrected chi connectivity index (χ0v) is 17.9. The van der Waals surface area contributed by atoms with Crippen LogP contribution >= 0.6 is 0 Å². The monoisotopic (exact) mass is 393 g/mol. The first-order chi connectivity index (χ1) is 13.9. The lowest BCUT2D eigenvalue weighted by atomic mass is 9.87. The maximum Gasteiger partial charge on any atom is 0.107 e. The fourth-order valence-electron chi connectivity index (χ4n) is 4.44. The molecule has 1 aliphatic rings. The Labute approximate surface area is 172 Å². The quantitative estimate of drug-likeness (QED) is 0.611. The molecule has 4 rings (SSSR count). The van der Waals surface area contributed by atoms with Crippen LogP contribution in [0.15, 0.2) is 43.1 Å². The number of nitrogens with zero attached hydrogens (tertiary/aromatic N) is 5. The van der Waals surface area contributed by atoms with Crippen molar-refractivity contribution in [3.63, 3.8) is 0 Å². The summed E-state index contributed by atoms with van der Waals surface area (Å²) in [7, 11) is 0. The van der Waals surface area contributed by atoms with Gasteiger partial charge in [-0.25, -0.2) is 4.98 Å². The summed E-state index contributed by atoms with van der Waals surface area (Å²) in [5.74, 6) is 0. The van der Waals surface area contributed by atoms with Crippen LogP contribution in [0, 0.1) is 12.3 Å². The maximum atomic E-state index is 5.98. The summed E-state index contributed by atoms with van der Waals surface area (Å²) in [6, 6.07) is 6.36. The Morgan fingerprint density at radius 3 is 2.79 bits per heavy atom. The van der Waals surface area contributed by atoms with Gasteiger partial charge in [-0.05, 0) is 58.4 Å². The number of aryl methyl sites for hydroxylation is 1. The molecule has 1 fully saturated rings. The summed E-state index contributed by atoms with van der Waals surface area (Å²) in [6.07, 6.45) is 8.73. The molecule has 4 heterocycles. The highest BCUT2D eigenvalue weighted by molar-refractivity contribution is 5.73. The molecule has 0 aromatic carbocycles. The molecule has 0 saturated carbocycles. The molecule has 1 atom stereocenters. The molecule has 0 aliphatic carbocycles. The molecule has 154 valence electrons. The van der Waals surface area contributed by atoms with E-state index in [2.05, 4.69) is 57.3 Å². The Kier molecular flexibility index (Phi) is 5.40. The van der Waals surface area contributed by atoms with E-state index in [9.17, 15) is 0 Å². The van der Waals surface area contributed by atoms with E-state index in [-0.39, 0.29) is 11.0 Å². The third-order valence-electron chi connectivity index (χ3n) is 6.39. The second-order valence-electron chi connectivity index (χ2n) is 8.79. The number of pyridine rings is 2.